The smallest absolute Gasteiger partial charge is 0.226 e. The maximum absolute atomic E-state index is 5.97. The Hall–Kier alpha value is -2.35. The highest BCUT2D eigenvalue weighted by molar-refractivity contribution is 7.99. The molecule has 0 saturated carbocycles. The van der Waals surface area contributed by atoms with E-state index in [1.54, 1.807) is 18.7 Å². The number of hydrogen-bond acceptors (Lipinski definition) is 8. The lowest BCUT2D eigenvalue weighted by atomic mass is 10.2. The molecule has 0 spiro atoms. The van der Waals surface area contributed by atoms with Gasteiger partial charge in [-0.2, -0.15) is 9.97 Å². The molecule has 0 saturated heterocycles. The number of thioether (sulfide) groups is 1. The van der Waals surface area contributed by atoms with Gasteiger partial charge in [-0.15, -0.1) is 11.8 Å². The van der Waals surface area contributed by atoms with Gasteiger partial charge in [0.05, 0.1) is 0 Å². The van der Waals surface area contributed by atoms with E-state index in [-0.39, 0.29) is 6.10 Å². The molecule has 8 heteroatoms. The van der Waals surface area contributed by atoms with Crippen molar-refractivity contribution in [2.75, 3.05) is 5.75 Å². The zero-order chi connectivity index (χ0) is 16.4. The summed E-state index contributed by atoms with van der Waals surface area (Å²) in [5.41, 5.74) is 0. The van der Waals surface area contributed by atoms with Gasteiger partial charge in [-0.05, 0) is 25.5 Å². The molecular weight excluding hydrogens is 328 g/mol. The van der Waals surface area contributed by atoms with Crippen LogP contribution in [0.25, 0.3) is 0 Å². The minimum atomic E-state index is -0.180. The van der Waals surface area contributed by atoms with Crippen molar-refractivity contribution in [3.8, 4) is 5.75 Å². The first-order chi connectivity index (χ1) is 11.8. The molecule has 0 radical (unpaired) electrons. The third-order valence-electron chi connectivity index (χ3n) is 3.63. The van der Waals surface area contributed by atoms with Crippen molar-refractivity contribution in [2.24, 2.45) is 0 Å². The van der Waals surface area contributed by atoms with E-state index in [4.69, 9.17) is 13.8 Å². The van der Waals surface area contributed by atoms with Gasteiger partial charge < -0.3 is 13.8 Å². The molecule has 124 valence electrons. The summed E-state index contributed by atoms with van der Waals surface area (Å²) in [7, 11) is 0. The predicted molar refractivity (Wildman–Crippen MR) is 85.9 cm³/mol. The highest BCUT2D eigenvalue weighted by atomic mass is 32.2. The number of para-hydroxylation sites is 1. The van der Waals surface area contributed by atoms with Gasteiger partial charge in [-0.3, -0.25) is 0 Å². The Balaban J connectivity index is 1.35. The molecule has 0 bridgehead atoms. The fourth-order valence-electron chi connectivity index (χ4n) is 2.48. The molecule has 1 aliphatic heterocycles. The first kappa shape index (κ1) is 15.2. The number of benzene rings is 1. The molecule has 1 unspecified atom stereocenters. The largest absolute Gasteiger partial charge is 0.480 e. The average Bonchev–Trinajstić information content (AvgIpc) is 3.24. The van der Waals surface area contributed by atoms with Gasteiger partial charge >= 0.3 is 0 Å². The summed E-state index contributed by atoms with van der Waals surface area (Å²) in [4.78, 5) is 9.78. The molecule has 4 rings (SSSR count). The van der Waals surface area contributed by atoms with Crippen molar-refractivity contribution in [3.63, 3.8) is 0 Å². The van der Waals surface area contributed by atoms with Crippen LogP contribution < -0.4 is 4.74 Å². The number of rotatable bonds is 5. The quantitative estimate of drug-likeness (QED) is 0.697. The highest BCUT2D eigenvalue weighted by Crippen LogP contribution is 2.39. The lowest BCUT2D eigenvalue weighted by Crippen LogP contribution is -2.16. The molecule has 0 aliphatic carbocycles. The monoisotopic (exact) mass is 344 g/mol. The Bertz CT molecular complexity index is 832. The number of aromatic nitrogens is 4. The van der Waals surface area contributed by atoms with Crippen molar-refractivity contribution < 1.29 is 13.8 Å². The van der Waals surface area contributed by atoms with Crippen LogP contribution in [0.3, 0.4) is 0 Å². The molecule has 0 fully saturated rings. The lowest BCUT2D eigenvalue weighted by molar-refractivity contribution is 0.205. The Labute approximate surface area is 142 Å². The van der Waals surface area contributed by atoms with Crippen LogP contribution in [0.5, 0.6) is 5.75 Å². The van der Waals surface area contributed by atoms with Crippen LogP contribution in [0.1, 0.15) is 36.0 Å². The molecule has 24 heavy (non-hydrogen) atoms. The van der Waals surface area contributed by atoms with Gasteiger partial charge in [-0.25, -0.2) is 0 Å². The van der Waals surface area contributed by atoms with Gasteiger partial charge in [0, 0.05) is 23.5 Å². The minimum absolute atomic E-state index is 0.180. The first-order valence-corrected chi connectivity index (χ1v) is 8.76. The lowest BCUT2D eigenvalue weighted by Gasteiger charge is -2.22. The van der Waals surface area contributed by atoms with Crippen molar-refractivity contribution >= 4 is 11.8 Å². The van der Waals surface area contributed by atoms with E-state index in [2.05, 4.69) is 26.3 Å². The van der Waals surface area contributed by atoms with E-state index >= 15 is 0 Å². The molecule has 2 aromatic heterocycles. The number of ether oxygens (including phenoxy) is 1. The summed E-state index contributed by atoms with van der Waals surface area (Å²) in [6, 6.07) is 7.98. The fourth-order valence-corrected chi connectivity index (χ4v) is 3.46. The van der Waals surface area contributed by atoms with Gasteiger partial charge in [0.2, 0.25) is 17.6 Å². The third-order valence-corrected chi connectivity index (χ3v) is 4.75. The fraction of sp³-hybridized carbons (Fsp3) is 0.375. The zero-order valence-corrected chi connectivity index (χ0v) is 14.0. The van der Waals surface area contributed by atoms with Gasteiger partial charge in [-0.1, -0.05) is 22.4 Å². The maximum Gasteiger partial charge on any atom is 0.226 e. The third kappa shape index (κ3) is 3.28. The molecule has 3 heterocycles. The van der Waals surface area contributed by atoms with Gasteiger partial charge in [0.25, 0.3) is 0 Å². The standard InChI is InChI=1S/C16H16N4O3S/c1-10-17-14(22-19-10)7-4-8-15-18-16(20-23-15)12-9-24-13-6-3-2-5-11(13)21-12/h2-3,5-6,12H,4,7-9H2,1H3. The van der Waals surface area contributed by atoms with Crippen LogP contribution >= 0.6 is 11.8 Å². The van der Waals surface area contributed by atoms with Crippen molar-refractivity contribution in [1.82, 2.24) is 20.3 Å². The Morgan fingerprint density at radius 3 is 2.71 bits per heavy atom. The van der Waals surface area contributed by atoms with Crippen LogP contribution in [0.15, 0.2) is 38.2 Å². The van der Waals surface area contributed by atoms with Crippen LogP contribution in [0.4, 0.5) is 0 Å². The number of nitrogens with zero attached hydrogens (tertiary/aromatic N) is 4. The Morgan fingerprint density at radius 1 is 1.08 bits per heavy atom. The second kappa shape index (κ2) is 6.64. The predicted octanol–water partition coefficient (Wildman–Crippen LogP) is 3.16. The van der Waals surface area contributed by atoms with E-state index in [1.807, 2.05) is 18.2 Å². The molecule has 1 aliphatic rings. The van der Waals surface area contributed by atoms with E-state index < -0.39 is 0 Å². The molecule has 3 aromatic rings. The Kier molecular flexibility index (Phi) is 4.20. The Morgan fingerprint density at radius 2 is 1.88 bits per heavy atom. The zero-order valence-electron chi connectivity index (χ0n) is 13.1. The molecule has 1 atom stereocenters. The average molecular weight is 344 g/mol. The number of hydrogen-bond donors (Lipinski definition) is 0. The minimum Gasteiger partial charge on any atom is -0.480 e. The van der Waals surface area contributed by atoms with E-state index in [9.17, 15) is 0 Å². The van der Waals surface area contributed by atoms with E-state index in [0.717, 1.165) is 22.8 Å². The summed E-state index contributed by atoms with van der Waals surface area (Å²) < 4.78 is 16.4. The molecular formula is C16H16N4O3S. The van der Waals surface area contributed by atoms with Crippen molar-refractivity contribution in [2.45, 2.75) is 37.2 Å². The van der Waals surface area contributed by atoms with E-state index in [0.29, 0.717) is 36.3 Å². The van der Waals surface area contributed by atoms with Gasteiger partial charge in [0.15, 0.2) is 11.9 Å². The van der Waals surface area contributed by atoms with Crippen LogP contribution in [-0.2, 0) is 12.8 Å². The summed E-state index contributed by atoms with van der Waals surface area (Å²) >= 11 is 1.74. The molecule has 7 nitrogen and oxygen atoms in total. The molecule has 1 aromatic carbocycles. The summed E-state index contributed by atoms with van der Waals surface area (Å²) in [5.74, 6) is 4.14. The summed E-state index contributed by atoms with van der Waals surface area (Å²) in [6.07, 6.45) is 2.00. The topological polar surface area (TPSA) is 87.1 Å². The maximum atomic E-state index is 5.97. The van der Waals surface area contributed by atoms with Crippen LogP contribution in [0, 0.1) is 6.92 Å². The number of fused-ring (bicyclic) bond motifs is 1. The first-order valence-electron chi connectivity index (χ1n) is 7.78. The normalized spacial score (nSPS) is 16.6. The van der Waals surface area contributed by atoms with E-state index in [1.165, 1.54) is 0 Å². The number of aryl methyl sites for hydroxylation is 3. The van der Waals surface area contributed by atoms with Crippen molar-refractivity contribution in [1.29, 1.82) is 0 Å². The second-order valence-corrected chi connectivity index (χ2v) is 6.56. The molecule has 0 N–H and O–H groups in total. The SMILES string of the molecule is Cc1noc(CCCc2nc(C3CSc4ccccc4O3)no2)n1. The van der Waals surface area contributed by atoms with Gasteiger partial charge in [0.1, 0.15) is 5.75 Å². The summed E-state index contributed by atoms with van der Waals surface area (Å²) in [5, 5.41) is 7.84. The van der Waals surface area contributed by atoms with Crippen LogP contribution in [0.2, 0.25) is 0 Å². The molecule has 0 amide bonds. The second-order valence-electron chi connectivity index (χ2n) is 5.50. The van der Waals surface area contributed by atoms with Crippen LogP contribution in [-0.4, -0.2) is 26.0 Å². The van der Waals surface area contributed by atoms with Crippen molar-refractivity contribution in [3.05, 3.63) is 47.7 Å². The highest BCUT2D eigenvalue weighted by Gasteiger charge is 2.26. The summed E-state index contributed by atoms with van der Waals surface area (Å²) in [6.45, 7) is 1.80.